The molecular formula is C19H21Cl2NO5. The van der Waals surface area contributed by atoms with E-state index in [0.717, 1.165) is 0 Å². The number of nitrogens with zero attached hydrogens (tertiary/aromatic N) is 1. The van der Waals surface area contributed by atoms with Crippen molar-refractivity contribution >= 4 is 40.9 Å². The smallest absolute Gasteiger partial charge is 0.315 e. The maximum absolute atomic E-state index is 12.8. The van der Waals surface area contributed by atoms with Crippen LogP contribution >= 0.6 is 23.2 Å². The fraction of sp³-hybridized carbons (Fsp3) is 0.526. The average Bonchev–Trinajstić information content (AvgIpc) is 2.55. The third-order valence-electron chi connectivity index (χ3n) is 4.93. The summed E-state index contributed by atoms with van der Waals surface area (Å²) in [6, 6.07) is 3.23. The van der Waals surface area contributed by atoms with E-state index in [1.807, 2.05) is 0 Å². The molecule has 3 rings (SSSR count). The molecule has 0 saturated heterocycles. The molecule has 2 aliphatic rings. The summed E-state index contributed by atoms with van der Waals surface area (Å²) in [6.07, 6.45) is 0. The summed E-state index contributed by atoms with van der Waals surface area (Å²) in [5.74, 6) is -2.77. The first-order valence-electron chi connectivity index (χ1n) is 8.81. The highest BCUT2D eigenvalue weighted by Gasteiger charge is 2.59. The van der Waals surface area contributed by atoms with Gasteiger partial charge in [-0.2, -0.15) is 0 Å². The van der Waals surface area contributed by atoms with Gasteiger partial charge in [-0.15, -0.1) is 0 Å². The fourth-order valence-corrected chi connectivity index (χ4v) is 4.56. The quantitative estimate of drug-likeness (QED) is 0.696. The molecule has 0 aromatic heterocycles. The molecule has 1 aromatic carbocycles. The molecule has 8 heteroatoms. The van der Waals surface area contributed by atoms with E-state index in [1.54, 1.807) is 39.8 Å². The first kappa shape index (κ1) is 20.0. The molecule has 0 fully saturated rings. The van der Waals surface area contributed by atoms with Crippen molar-refractivity contribution in [2.24, 2.45) is 16.8 Å². The molecule has 1 aromatic rings. The van der Waals surface area contributed by atoms with Gasteiger partial charge in [0.2, 0.25) is 5.72 Å². The van der Waals surface area contributed by atoms with Crippen molar-refractivity contribution in [3.63, 3.8) is 0 Å². The van der Waals surface area contributed by atoms with Crippen LogP contribution in [0.25, 0.3) is 0 Å². The second-order valence-electron chi connectivity index (χ2n) is 6.70. The molecule has 2 bridgehead atoms. The molecule has 0 N–H and O–H groups in total. The summed E-state index contributed by atoms with van der Waals surface area (Å²) < 4.78 is 16.6. The first-order chi connectivity index (χ1) is 12.7. The number of esters is 2. The van der Waals surface area contributed by atoms with Crippen molar-refractivity contribution in [1.82, 2.24) is 0 Å². The lowest BCUT2D eigenvalue weighted by molar-refractivity contribution is -0.162. The maximum Gasteiger partial charge on any atom is 0.315 e. The Labute approximate surface area is 167 Å². The third kappa shape index (κ3) is 3.29. The van der Waals surface area contributed by atoms with Crippen LogP contribution in [0.3, 0.4) is 0 Å². The molecular weight excluding hydrogens is 393 g/mol. The lowest BCUT2D eigenvalue weighted by atomic mass is 9.67. The topological polar surface area (TPSA) is 74.2 Å². The molecule has 146 valence electrons. The van der Waals surface area contributed by atoms with Crippen molar-refractivity contribution in [2.75, 3.05) is 13.2 Å². The van der Waals surface area contributed by atoms with Crippen LogP contribution in [0.4, 0.5) is 0 Å². The van der Waals surface area contributed by atoms with Crippen molar-refractivity contribution in [3.05, 3.63) is 27.7 Å². The van der Waals surface area contributed by atoms with Gasteiger partial charge in [0.25, 0.3) is 0 Å². The van der Waals surface area contributed by atoms with Crippen LogP contribution in [-0.2, 0) is 19.1 Å². The molecule has 2 aliphatic heterocycles. The van der Waals surface area contributed by atoms with Gasteiger partial charge in [0, 0.05) is 22.2 Å². The second-order valence-corrected chi connectivity index (χ2v) is 7.54. The van der Waals surface area contributed by atoms with Gasteiger partial charge in [0.05, 0.1) is 18.2 Å². The third-order valence-corrected chi connectivity index (χ3v) is 5.43. The minimum atomic E-state index is -1.24. The van der Waals surface area contributed by atoms with Crippen LogP contribution in [0, 0.1) is 11.8 Å². The lowest BCUT2D eigenvalue weighted by Gasteiger charge is -2.48. The zero-order valence-corrected chi connectivity index (χ0v) is 17.1. The van der Waals surface area contributed by atoms with E-state index in [2.05, 4.69) is 4.99 Å². The molecule has 4 unspecified atom stereocenters. The number of rotatable bonds is 4. The van der Waals surface area contributed by atoms with E-state index < -0.39 is 35.4 Å². The Kier molecular flexibility index (Phi) is 5.41. The Morgan fingerprint density at radius 2 is 1.81 bits per heavy atom. The lowest BCUT2D eigenvalue weighted by Crippen LogP contribution is -2.57. The summed E-state index contributed by atoms with van der Waals surface area (Å²) in [4.78, 5) is 30.2. The monoisotopic (exact) mass is 413 g/mol. The summed E-state index contributed by atoms with van der Waals surface area (Å²) in [6.45, 7) is 7.30. The molecule has 27 heavy (non-hydrogen) atoms. The predicted octanol–water partition coefficient (Wildman–Crippen LogP) is 4.02. The highest BCUT2D eigenvalue weighted by molar-refractivity contribution is 6.35. The van der Waals surface area contributed by atoms with Crippen molar-refractivity contribution in [3.8, 4) is 5.75 Å². The van der Waals surface area contributed by atoms with E-state index >= 15 is 0 Å². The number of halogens is 2. The highest BCUT2D eigenvalue weighted by atomic mass is 35.5. The van der Waals surface area contributed by atoms with Gasteiger partial charge in [-0.3, -0.25) is 9.59 Å². The normalized spacial score (nSPS) is 28.5. The Morgan fingerprint density at radius 3 is 2.44 bits per heavy atom. The highest BCUT2D eigenvalue weighted by Crippen LogP contribution is 2.55. The number of carbonyl (C=O) groups excluding carboxylic acids is 2. The van der Waals surface area contributed by atoms with Gasteiger partial charge in [0.15, 0.2) is 0 Å². The van der Waals surface area contributed by atoms with E-state index in [0.29, 0.717) is 27.1 Å². The van der Waals surface area contributed by atoms with Crippen molar-refractivity contribution < 1.29 is 23.8 Å². The van der Waals surface area contributed by atoms with E-state index in [4.69, 9.17) is 37.4 Å². The van der Waals surface area contributed by atoms with Gasteiger partial charge in [-0.05, 0) is 39.8 Å². The second kappa shape index (κ2) is 7.32. The predicted molar refractivity (Wildman–Crippen MR) is 102 cm³/mol. The van der Waals surface area contributed by atoms with E-state index in [1.165, 1.54) is 0 Å². The number of ether oxygens (including phenoxy) is 3. The fourth-order valence-electron chi connectivity index (χ4n) is 4.01. The summed E-state index contributed by atoms with van der Waals surface area (Å²) in [5, 5.41) is 0.685. The Bertz CT molecular complexity index is 825. The Hall–Kier alpha value is -1.79. The van der Waals surface area contributed by atoms with Crippen LogP contribution in [0.15, 0.2) is 17.1 Å². The molecule has 4 atom stereocenters. The number of hydrogen-bond acceptors (Lipinski definition) is 6. The van der Waals surface area contributed by atoms with Gasteiger partial charge in [-0.1, -0.05) is 23.2 Å². The number of fused-ring (bicyclic) bond motifs is 4. The molecule has 0 spiro atoms. The maximum atomic E-state index is 12.8. The molecule has 0 aliphatic carbocycles. The summed E-state index contributed by atoms with van der Waals surface area (Å²) in [7, 11) is 0. The van der Waals surface area contributed by atoms with Crippen LogP contribution in [0.1, 0.15) is 39.2 Å². The Balaban J connectivity index is 2.25. The molecule has 0 radical (unpaired) electrons. The van der Waals surface area contributed by atoms with E-state index in [-0.39, 0.29) is 13.2 Å². The Morgan fingerprint density at radius 1 is 1.19 bits per heavy atom. The summed E-state index contributed by atoms with van der Waals surface area (Å²) >= 11 is 12.5. The molecule has 0 saturated carbocycles. The minimum Gasteiger partial charge on any atom is -0.466 e. The molecule has 2 heterocycles. The van der Waals surface area contributed by atoms with Crippen LogP contribution in [-0.4, -0.2) is 36.6 Å². The average molecular weight is 414 g/mol. The van der Waals surface area contributed by atoms with Gasteiger partial charge in [-0.25, -0.2) is 4.99 Å². The van der Waals surface area contributed by atoms with Crippen molar-refractivity contribution in [1.29, 1.82) is 0 Å². The largest absolute Gasteiger partial charge is 0.466 e. The number of aliphatic imine (C=N–C) groups is 1. The number of benzene rings is 1. The first-order valence-corrected chi connectivity index (χ1v) is 9.56. The van der Waals surface area contributed by atoms with E-state index in [9.17, 15) is 9.59 Å². The molecule has 6 nitrogen and oxygen atoms in total. The van der Waals surface area contributed by atoms with Gasteiger partial charge >= 0.3 is 11.9 Å². The van der Waals surface area contributed by atoms with Gasteiger partial charge < -0.3 is 14.2 Å². The molecule has 0 amide bonds. The van der Waals surface area contributed by atoms with Crippen LogP contribution < -0.4 is 4.74 Å². The van der Waals surface area contributed by atoms with Crippen LogP contribution in [0.2, 0.25) is 10.0 Å². The standard InChI is InChI=1S/C19H21Cl2NO5/c1-5-25-17(23)13-9(3)22-19(4)15(18(24)26-6-2)14(13)11-7-10(20)8-12(21)16(11)27-19/h7-8,13-15H,5-6H2,1-4H3. The zero-order valence-electron chi connectivity index (χ0n) is 15.5. The zero-order chi connectivity index (χ0) is 19.9. The SMILES string of the molecule is CCOC(=O)C1C(C)=NC2(C)Oc3c(Cl)cc(Cl)cc3C1C2C(=O)OCC. The van der Waals surface area contributed by atoms with Gasteiger partial charge in [0.1, 0.15) is 17.6 Å². The minimum absolute atomic E-state index is 0.202. The summed E-state index contributed by atoms with van der Waals surface area (Å²) in [5.41, 5.74) is -0.132. The van der Waals surface area contributed by atoms with Crippen LogP contribution in [0.5, 0.6) is 5.75 Å². The van der Waals surface area contributed by atoms with Crippen molar-refractivity contribution in [2.45, 2.75) is 39.3 Å². The number of carbonyl (C=O) groups is 2. The number of hydrogen-bond donors (Lipinski definition) is 0.